The SMILES string of the molecule is Nc1cc(F)c(Cl)cc1-n1ccc(C(F)(F)F)n1. The number of benzene rings is 1. The number of halogens is 5. The molecule has 0 aliphatic carbocycles. The minimum atomic E-state index is -4.55. The molecule has 2 aromatic rings. The molecular formula is C10H6ClF4N3. The molecule has 1 aromatic heterocycles. The molecule has 0 aliphatic heterocycles. The van der Waals surface area contributed by atoms with Gasteiger partial charge in [0.1, 0.15) is 5.82 Å². The first kappa shape index (κ1) is 12.7. The van der Waals surface area contributed by atoms with Gasteiger partial charge >= 0.3 is 6.18 Å². The van der Waals surface area contributed by atoms with Crippen LogP contribution in [0, 0.1) is 5.82 Å². The lowest BCUT2D eigenvalue weighted by atomic mass is 10.2. The molecule has 0 bridgehead atoms. The summed E-state index contributed by atoms with van der Waals surface area (Å²) in [6, 6.07) is 2.82. The Kier molecular flexibility index (Phi) is 2.94. The second kappa shape index (κ2) is 4.16. The van der Waals surface area contributed by atoms with Crippen molar-refractivity contribution in [3.63, 3.8) is 0 Å². The summed E-state index contributed by atoms with van der Waals surface area (Å²) >= 11 is 5.54. The minimum absolute atomic E-state index is 0.0614. The molecule has 1 heterocycles. The first-order valence-corrected chi connectivity index (χ1v) is 5.04. The molecule has 8 heteroatoms. The van der Waals surface area contributed by atoms with Crippen molar-refractivity contribution < 1.29 is 17.6 Å². The summed E-state index contributed by atoms with van der Waals surface area (Å²) in [4.78, 5) is 0. The highest BCUT2D eigenvalue weighted by Gasteiger charge is 2.33. The Morgan fingerprint density at radius 3 is 2.50 bits per heavy atom. The topological polar surface area (TPSA) is 43.8 Å². The van der Waals surface area contributed by atoms with Crippen molar-refractivity contribution in [3.05, 3.63) is 40.9 Å². The standard InChI is InChI=1S/C10H6ClF4N3/c11-5-3-8(7(16)4-6(5)12)18-2-1-9(17-18)10(13,14)15/h1-4H,16H2. The minimum Gasteiger partial charge on any atom is -0.397 e. The van der Waals surface area contributed by atoms with Gasteiger partial charge in [0.25, 0.3) is 0 Å². The van der Waals surface area contributed by atoms with Crippen LogP contribution in [0.25, 0.3) is 5.69 Å². The van der Waals surface area contributed by atoms with Gasteiger partial charge in [-0.15, -0.1) is 0 Å². The number of alkyl halides is 3. The van der Waals surface area contributed by atoms with Crippen molar-refractivity contribution in [2.75, 3.05) is 5.73 Å². The molecule has 1 aromatic carbocycles. The van der Waals surface area contributed by atoms with Crippen LogP contribution in [0.2, 0.25) is 5.02 Å². The van der Waals surface area contributed by atoms with E-state index in [0.717, 1.165) is 29.1 Å². The molecule has 96 valence electrons. The third-order valence-electron chi connectivity index (χ3n) is 2.20. The third-order valence-corrected chi connectivity index (χ3v) is 2.49. The quantitative estimate of drug-likeness (QED) is 0.643. The van der Waals surface area contributed by atoms with Gasteiger partial charge in [-0.25, -0.2) is 9.07 Å². The lowest BCUT2D eigenvalue weighted by molar-refractivity contribution is -0.141. The molecule has 2 rings (SSSR count). The van der Waals surface area contributed by atoms with Gasteiger partial charge in [0, 0.05) is 12.3 Å². The summed E-state index contributed by atoms with van der Waals surface area (Å²) < 4.78 is 51.0. The highest BCUT2D eigenvalue weighted by atomic mass is 35.5. The molecule has 0 saturated carbocycles. The van der Waals surface area contributed by atoms with Crippen LogP contribution in [0.1, 0.15) is 5.69 Å². The number of anilines is 1. The lowest BCUT2D eigenvalue weighted by Crippen LogP contribution is -2.08. The van der Waals surface area contributed by atoms with Crippen LogP contribution in [0.3, 0.4) is 0 Å². The van der Waals surface area contributed by atoms with E-state index in [0.29, 0.717) is 0 Å². The van der Waals surface area contributed by atoms with Gasteiger partial charge in [0.05, 0.1) is 16.4 Å². The molecule has 3 nitrogen and oxygen atoms in total. The Morgan fingerprint density at radius 1 is 1.28 bits per heavy atom. The lowest BCUT2D eigenvalue weighted by Gasteiger charge is -2.07. The van der Waals surface area contributed by atoms with Crippen LogP contribution in [-0.2, 0) is 6.18 Å². The van der Waals surface area contributed by atoms with Gasteiger partial charge in [0.2, 0.25) is 0 Å². The van der Waals surface area contributed by atoms with E-state index in [-0.39, 0.29) is 16.4 Å². The van der Waals surface area contributed by atoms with E-state index < -0.39 is 17.7 Å². The summed E-state index contributed by atoms with van der Waals surface area (Å²) in [5.74, 6) is -0.749. The van der Waals surface area contributed by atoms with E-state index >= 15 is 0 Å². The summed E-state index contributed by atoms with van der Waals surface area (Å²) in [5.41, 5.74) is 4.45. The zero-order valence-electron chi connectivity index (χ0n) is 8.67. The Balaban J connectivity index is 2.50. The molecule has 0 aliphatic rings. The number of nitrogens with zero attached hydrogens (tertiary/aromatic N) is 2. The average molecular weight is 280 g/mol. The smallest absolute Gasteiger partial charge is 0.397 e. The van der Waals surface area contributed by atoms with E-state index in [1.807, 2.05) is 0 Å². The number of nitrogens with two attached hydrogens (primary N) is 1. The number of hydrogen-bond donors (Lipinski definition) is 1. The van der Waals surface area contributed by atoms with E-state index in [9.17, 15) is 17.6 Å². The summed E-state index contributed by atoms with van der Waals surface area (Å²) in [6.07, 6.45) is -3.48. The maximum absolute atomic E-state index is 13.0. The van der Waals surface area contributed by atoms with Gasteiger partial charge < -0.3 is 5.73 Å². The second-order valence-corrected chi connectivity index (χ2v) is 3.88. The zero-order chi connectivity index (χ0) is 13.5. The van der Waals surface area contributed by atoms with Crippen LogP contribution in [0.5, 0.6) is 0 Å². The maximum atomic E-state index is 13.0. The fraction of sp³-hybridized carbons (Fsp3) is 0.100. The Hall–Kier alpha value is -1.76. The van der Waals surface area contributed by atoms with Crippen LogP contribution < -0.4 is 5.73 Å². The number of nitrogen functional groups attached to an aromatic ring is 1. The van der Waals surface area contributed by atoms with Crippen molar-refractivity contribution in [1.29, 1.82) is 0 Å². The molecule has 0 radical (unpaired) electrons. The molecule has 0 atom stereocenters. The molecule has 0 spiro atoms. The predicted molar refractivity (Wildman–Crippen MR) is 57.9 cm³/mol. The fourth-order valence-corrected chi connectivity index (χ4v) is 1.52. The molecule has 2 N–H and O–H groups in total. The van der Waals surface area contributed by atoms with E-state index in [2.05, 4.69) is 5.10 Å². The molecular weight excluding hydrogens is 274 g/mol. The van der Waals surface area contributed by atoms with Gasteiger partial charge in [-0.2, -0.15) is 18.3 Å². The van der Waals surface area contributed by atoms with Crippen LogP contribution in [0.4, 0.5) is 23.2 Å². The number of hydrogen-bond acceptors (Lipinski definition) is 2. The van der Waals surface area contributed by atoms with E-state index in [1.165, 1.54) is 0 Å². The summed E-state index contributed by atoms with van der Waals surface area (Å²) in [6.45, 7) is 0. The van der Waals surface area contributed by atoms with Gasteiger partial charge in [0.15, 0.2) is 5.69 Å². The first-order valence-electron chi connectivity index (χ1n) is 4.67. The third kappa shape index (κ3) is 2.26. The van der Waals surface area contributed by atoms with Crippen LogP contribution >= 0.6 is 11.6 Å². The highest BCUT2D eigenvalue weighted by Crippen LogP contribution is 2.29. The van der Waals surface area contributed by atoms with Crippen LogP contribution in [-0.4, -0.2) is 9.78 Å². The predicted octanol–water partition coefficient (Wildman–Crippen LogP) is 3.27. The van der Waals surface area contributed by atoms with Crippen molar-refractivity contribution in [1.82, 2.24) is 9.78 Å². The molecule has 0 amide bonds. The Morgan fingerprint density at radius 2 is 1.94 bits per heavy atom. The van der Waals surface area contributed by atoms with E-state index in [4.69, 9.17) is 17.3 Å². The van der Waals surface area contributed by atoms with Crippen molar-refractivity contribution in [2.24, 2.45) is 0 Å². The summed E-state index contributed by atoms with van der Waals surface area (Å²) in [5, 5.41) is 3.07. The van der Waals surface area contributed by atoms with Gasteiger partial charge in [-0.3, -0.25) is 0 Å². The largest absolute Gasteiger partial charge is 0.435 e. The molecule has 18 heavy (non-hydrogen) atoms. The number of rotatable bonds is 1. The van der Waals surface area contributed by atoms with Gasteiger partial charge in [-0.1, -0.05) is 11.6 Å². The Labute approximate surface area is 104 Å². The van der Waals surface area contributed by atoms with Crippen LogP contribution in [0.15, 0.2) is 24.4 Å². The zero-order valence-corrected chi connectivity index (χ0v) is 9.43. The molecule has 0 fully saturated rings. The first-order chi connectivity index (χ1) is 8.29. The molecule has 0 saturated heterocycles. The van der Waals surface area contributed by atoms with E-state index in [1.54, 1.807) is 0 Å². The Bertz CT molecular complexity index is 591. The number of aromatic nitrogens is 2. The summed E-state index contributed by atoms with van der Waals surface area (Å²) in [7, 11) is 0. The monoisotopic (exact) mass is 279 g/mol. The molecule has 0 unspecified atom stereocenters. The normalized spacial score (nSPS) is 11.8. The second-order valence-electron chi connectivity index (χ2n) is 3.47. The van der Waals surface area contributed by atoms with Crippen molar-refractivity contribution in [3.8, 4) is 5.69 Å². The fourth-order valence-electron chi connectivity index (χ4n) is 1.36. The average Bonchev–Trinajstić information content (AvgIpc) is 2.72. The highest BCUT2D eigenvalue weighted by molar-refractivity contribution is 6.31. The maximum Gasteiger partial charge on any atom is 0.435 e. The van der Waals surface area contributed by atoms with Crippen molar-refractivity contribution >= 4 is 17.3 Å². The van der Waals surface area contributed by atoms with Gasteiger partial charge in [-0.05, 0) is 12.1 Å². The van der Waals surface area contributed by atoms with Crippen molar-refractivity contribution in [2.45, 2.75) is 6.18 Å².